The number of aromatic hydroxyl groups is 1. The van der Waals surface area contributed by atoms with Crippen LogP contribution in [0.2, 0.25) is 0 Å². The Morgan fingerprint density at radius 2 is 1.56 bits per heavy atom. The Morgan fingerprint density at radius 3 is 2.14 bits per heavy atom. The quantitative estimate of drug-likeness (QED) is 0.445. The highest BCUT2D eigenvalue weighted by molar-refractivity contribution is 6.11. The lowest BCUT2D eigenvalue weighted by Gasteiger charge is -2.22. The number of methoxy groups -OCH3 is 1. The summed E-state index contributed by atoms with van der Waals surface area (Å²) < 4.78 is 18.9. The van der Waals surface area contributed by atoms with Gasteiger partial charge in [0.15, 0.2) is 17.3 Å². The number of rotatable bonds is 6. The van der Waals surface area contributed by atoms with Crippen LogP contribution in [0.15, 0.2) is 60.9 Å². The van der Waals surface area contributed by atoms with Gasteiger partial charge in [-0.3, -0.25) is 19.4 Å². The molecule has 0 radical (unpaired) electrons. The number of ether oxygens (including phenoxy) is 1. The Morgan fingerprint density at radius 1 is 0.944 bits per heavy atom. The minimum absolute atomic E-state index is 0.0318. The third kappa shape index (κ3) is 6.65. The molecule has 8 nitrogen and oxygen atoms in total. The molecule has 9 heteroatoms. The average Bonchev–Trinajstić information content (AvgIpc) is 2.90. The minimum atomic E-state index is -0.943. The molecule has 3 aromatic rings. The number of nitrogens with two attached hydrogens (primary N) is 1. The summed E-state index contributed by atoms with van der Waals surface area (Å²) in [4.78, 5) is 38.9. The summed E-state index contributed by atoms with van der Waals surface area (Å²) in [5.41, 5.74) is 5.65. The highest BCUT2D eigenvalue weighted by Gasteiger charge is 2.22. The molecule has 1 saturated carbocycles. The van der Waals surface area contributed by atoms with Crippen LogP contribution in [0.25, 0.3) is 0 Å². The van der Waals surface area contributed by atoms with Crippen LogP contribution in [0, 0.1) is 5.82 Å². The van der Waals surface area contributed by atoms with Crippen LogP contribution in [0.4, 0.5) is 4.39 Å². The molecule has 1 fully saturated rings. The van der Waals surface area contributed by atoms with E-state index in [1.54, 1.807) is 24.5 Å². The number of phenols is 1. The van der Waals surface area contributed by atoms with Crippen molar-refractivity contribution in [2.75, 3.05) is 7.11 Å². The number of amides is 2. The SMILES string of the molecule is COc1ccc(O)c(C(=O)c2ccc(C(N)=O)cc2)c1F.O=C(NC1CCCCC1)c1ccncc1. The molecule has 2 aromatic carbocycles. The fourth-order valence-corrected chi connectivity index (χ4v) is 3.87. The number of nitrogens with one attached hydrogen (secondary N) is 1. The van der Waals surface area contributed by atoms with Crippen LogP contribution in [0.5, 0.6) is 11.5 Å². The molecular formula is C27H28FN3O5. The zero-order valence-corrected chi connectivity index (χ0v) is 19.9. The number of carbonyl (C=O) groups excluding carboxylic acids is 3. The van der Waals surface area contributed by atoms with Gasteiger partial charge in [-0.2, -0.15) is 0 Å². The number of nitrogens with zero attached hydrogens (tertiary/aromatic N) is 1. The first-order valence-electron chi connectivity index (χ1n) is 11.5. The molecule has 0 saturated heterocycles. The first-order valence-corrected chi connectivity index (χ1v) is 11.5. The number of hydrogen-bond acceptors (Lipinski definition) is 6. The molecule has 1 aliphatic rings. The number of halogens is 1. The smallest absolute Gasteiger partial charge is 0.251 e. The van der Waals surface area contributed by atoms with Gasteiger partial charge in [0.2, 0.25) is 5.91 Å². The van der Waals surface area contributed by atoms with E-state index in [9.17, 15) is 23.9 Å². The summed E-state index contributed by atoms with van der Waals surface area (Å²) in [7, 11) is 1.26. The number of pyridine rings is 1. The van der Waals surface area contributed by atoms with Crippen molar-refractivity contribution in [1.82, 2.24) is 10.3 Å². The monoisotopic (exact) mass is 493 g/mol. The van der Waals surface area contributed by atoms with E-state index in [0.717, 1.165) is 12.8 Å². The van der Waals surface area contributed by atoms with Crippen molar-refractivity contribution in [1.29, 1.82) is 0 Å². The molecule has 36 heavy (non-hydrogen) atoms. The van der Waals surface area contributed by atoms with Gasteiger partial charge in [0.05, 0.1) is 7.11 Å². The maximum atomic E-state index is 14.1. The van der Waals surface area contributed by atoms with Gasteiger partial charge in [0, 0.05) is 35.1 Å². The van der Waals surface area contributed by atoms with E-state index in [0.29, 0.717) is 11.6 Å². The highest BCUT2D eigenvalue weighted by atomic mass is 19.1. The molecule has 0 spiro atoms. The lowest BCUT2D eigenvalue weighted by atomic mass is 9.95. The van der Waals surface area contributed by atoms with Gasteiger partial charge in [0.25, 0.3) is 5.91 Å². The predicted octanol–water partition coefficient (Wildman–Crippen LogP) is 4.01. The molecule has 4 rings (SSSR count). The average molecular weight is 494 g/mol. The van der Waals surface area contributed by atoms with Gasteiger partial charge in [0.1, 0.15) is 11.3 Å². The molecule has 1 aromatic heterocycles. The fraction of sp³-hybridized carbons (Fsp3) is 0.259. The Balaban J connectivity index is 0.000000212. The molecule has 2 amide bonds. The lowest BCUT2D eigenvalue weighted by molar-refractivity contribution is 0.0926. The summed E-state index contributed by atoms with van der Waals surface area (Å²) in [6, 6.07) is 11.6. The zero-order chi connectivity index (χ0) is 26.1. The van der Waals surface area contributed by atoms with Crippen LogP contribution in [-0.4, -0.2) is 40.8 Å². The standard InChI is InChI=1S/C15H12FNO4.C12H16N2O/c1-21-11-7-6-10(18)12(13(11)16)14(19)8-2-4-9(5-3-8)15(17)20;15-12(10-6-8-13-9-7-10)14-11-4-2-1-3-5-11/h2-7,18H,1H3,(H2,17,20);6-9,11H,1-5H2,(H,14,15). The second kappa shape index (κ2) is 12.4. The fourth-order valence-electron chi connectivity index (χ4n) is 3.87. The summed E-state index contributed by atoms with van der Waals surface area (Å²) in [5, 5.41) is 12.8. The topological polar surface area (TPSA) is 132 Å². The number of hydrogen-bond donors (Lipinski definition) is 3. The van der Waals surface area contributed by atoms with Crippen molar-refractivity contribution in [2.45, 2.75) is 38.1 Å². The van der Waals surface area contributed by atoms with Crippen molar-refractivity contribution >= 4 is 17.6 Å². The summed E-state index contributed by atoms with van der Waals surface area (Å²) >= 11 is 0. The van der Waals surface area contributed by atoms with Crippen molar-refractivity contribution in [2.24, 2.45) is 5.73 Å². The summed E-state index contributed by atoms with van der Waals surface area (Å²) in [6.07, 6.45) is 9.32. The molecule has 1 heterocycles. The normalized spacial score (nSPS) is 13.2. The maximum absolute atomic E-state index is 14.1. The predicted molar refractivity (Wildman–Crippen MR) is 132 cm³/mol. The third-order valence-electron chi connectivity index (χ3n) is 5.85. The van der Waals surface area contributed by atoms with Gasteiger partial charge in [-0.1, -0.05) is 31.4 Å². The zero-order valence-electron chi connectivity index (χ0n) is 19.9. The second-order valence-corrected chi connectivity index (χ2v) is 8.29. The van der Waals surface area contributed by atoms with Gasteiger partial charge >= 0.3 is 0 Å². The minimum Gasteiger partial charge on any atom is -0.507 e. The first kappa shape index (κ1) is 26.3. The number of carbonyl (C=O) groups is 3. The molecular weight excluding hydrogens is 465 g/mol. The summed E-state index contributed by atoms with van der Waals surface area (Å²) in [5.74, 6) is -2.91. The Labute approximate surface area is 208 Å². The van der Waals surface area contributed by atoms with Crippen LogP contribution in [0.1, 0.15) is 68.7 Å². The van der Waals surface area contributed by atoms with Gasteiger partial charge in [-0.15, -0.1) is 0 Å². The van der Waals surface area contributed by atoms with E-state index in [2.05, 4.69) is 10.3 Å². The number of ketones is 1. The molecule has 0 aliphatic heterocycles. The molecule has 4 N–H and O–H groups in total. The van der Waals surface area contributed by atoms with Crippen LogP contribution >= 0.6 is 0 Å². The molecule has 1 aliphatic carbocycles. The van der Waals surface area contributed by atoms with Gasteiger partial charge in [-0.05, 0) is 49.2 Å². The lowest BCUT2D eigenvalue weighted by Crippen LogP contribution is -2.36. The second-order valence-electron chi connectivity index (χ2n) is 8.29. The number of benzene rings is 2. The van der Waals surface area contributed by atoms with Crippen molar-refractivity contribution < 1.29 is 28.6 Å². The molecule has 188 valence electrons. The van der Waals surface area contributed by atoms with E-state index in [1.165, 1.54) is 62.8 Å². The van der Waals surface area contributed by atoms with Crippen LogP contribution < -0.4 is 15.8 Å². The Hall–Kier alpha value is -4.27. The summed E-state index contributed by atoms with van der Waals surface area (Å²) in [6.45, 7) is 0. The van der Waals surface area contributed by atoms with Crippen molar-refractivity contribution in [3.8, 4) is 11.5 Å². The van der Waals surface area contributed by atoms with E-state index in [-0.39, 0.29) is 22.8 Å². The number of aromatic nitrogens is 1. The van der Waals surface area contributed by atoms with Gasteiger partial charge in [-0.25, -0.2) is 4.39 Å². The van der Waals surface area contributed by atoms with E-state index < -0.39 is 28.8 Å². The number of primary amides is 1. The molecule has 0 bridgehead atoms. The Kier molecular flexibility index (Phi) is 9.10. The van der Waals surface area contributed by atoms with E-state index in [4.69, 9.17) is 10.5 Å². The largest absolute Gasteiger partial charge is 0.507 e. The van der Waals surface area contributed by atoms with E-state index >= 15 is 0 Å². The molecule has 0 atom stereocenters. The van der Waals surface area contributed by atoms with Gasteiger partial charge < -0.3 is 20.9 Å². The molecule has 0 unspecified atom stereocenters. The van der Waals surface area contributed by atoms with Crippen LogP contribution in [-0.2, 0) is 0 Å². The highest BCUT2D eigenvalue weighted by Crippen LogP contribution is 2.30. The van der Waals surface area contributed by atoms with Crippen molar-refractivity contribution in [3.05, 3.63) is 89.0 Å². The maximum Gasteiger partial charge on any atom is 0.251 e. The third-order valence-corrected chi connectivity index (χ3v) is 5.85. The van der Waals surface area contributed by atoms with Crippen LogP contribution in [0.3, 0.4) is 0 Å². The Bertz CT molecular complexity index is 1210. The first-order chi connectivity index (χ1) is 17.3. The van der Waals surface area contributed by atoms with Crippen molar-refractivity contribution in [3.63, 3.8) is 0 Å². The number of phenolic OH excluding ortho intramolecular Hbond substituents is 1. The van der Waals surface area contributed by atoms with E-state index in [1.807, 2.05) is 0 Å².